The summed E-state index contributed by atoms with van der Waals surface area (Å²) in [7, 11) is 0. The molecular weight excluding hydrogens is 901 g/mol. The quantitative estimate of drug-likeness (QED) is 0.0261. The van der Waals surface area contributed by atoms with Crippen LogP contribution in [0.5, 0.6) is 0 Å². The number of carbonyl (C=O) groups is 3. The van der Waals surface area contributed by atoms with E-state index in [0.29, 0.717) is 25.7 Å². The van der Waals surface area contributed by atoms with Crippen LogP contribution < -0.4 is 0 Å². The topological polar surface area (TPSA) is 78.9 Å². The van der Waals surface area contributed by atoms with Gasteiger partial charge in [0, 0.05) is 19.3 Å². The van der Waals surface area contributed by atoms with Crippen molar-refractivity contribution in [2.45, 2.75) is 232 Å². The van der Waals surface area contributed by atoms with Crippen molar-refractivity contribution in [3.05, 3.63) is 158 Å². The molecule has 6 heteroatoms. The predicted molar refractivity (Wildman–Crippen MR) is 315 cm³/mol. The molecule has 73 heavy (non-hydrogen) atoms. The lowest BCUT2D eigenvalue weighted by molar-refractivity contribution is -0.167. The van der Waals surface area contributed by atoms with Crippen LogP contribution in [0.4, 0.5) is 0 Å². The van der Waals surface area contributed by atoms with Crippen LogP contribution in [0.3, 0.4) is 0 Å². The van der Waals surface area contributed by atoms with E-state index in [0.717, 1.165) is 161 Å². The Kier molecular flexibility index (Phi) is 55.5. The summed E-state index contributed by atoms with van der Waals surface area (Å²) in [6.07, 6.45) is 86.6. The molecule has 0 aliphatic rings. The Labute approximate surface area is 448 Å². The van der Waals surface area contributed by atoms with Crippen LogP contribution in [0.15, 0.2) is 158 Å². The van der Waals surface area contributed by atoms with E-state index in [1.807, 2.05) is 0 Å². The van der Waals surface area contributed by atoms with E-state index in [4.69, 9.17) is 14.2 Å². The smallest absolute Gasteiger partial charge is 0.306 e. The van der Waals surface area contributed by atoms with Crippen LogP contribution >= 0.6 is 0 Å². The number of hydrogen-bond acceptors (Lipinski definition) is 6. The first-order valence-electron chi connectivity index (χ1n) is 29.0. The van der Waals surface area contributed by atoms with Gasteiger partial charge in [-0.2, -0.15) is 0 Å². The highest BCUT2D eigenvalue weighted by molar-refractivity contribution is 5.71. The molecule has 0 spiro atoms. The molecule has 0 bridgehead atoms. The first kappa shape index (κ1) is 68.0. The summed E-state index contributed by atoms with van der Waals surface area (Å²) in [5.74, 6) is -0.999. The third kappa shape index (κ3) is 57.8. The second kappa shape index (κ2) is 59.6. The first-order chi connectivity index (χ1) is 36.0. The van der Waals surface area contributed by atoms with Gasteiger partial charge in [0.05, 0.1) is 0 Å². The number of ether oxygens (including phenoxy) is 3. The number of unbranched alkanes of at least 4 members (excludes halogenated alkanes) is 13. The summed E-state index contributed by atoms with van der Waals surface area (Å²) < 4.78 is 16.8. The summed E-state index contributed by atoms with van der Waals surface area (Å²) in [6, 6.07) is 0. The van der Waals surface area contributed by atoms with Crippen molar-refractivity contribution >= 4 is 17.9 Å². The molecule has 0 radical (unpaired) electrons. The van der Waals surface area contributed by atoms with E-state index in [9.17, 15) is 14.4 Å². The Morgan fingerprint density at radius 2 is 0.493 bits per heavy atom. The van der Waals surface area contributed by atoms with Gasteiger partial charge in [0.1, 0.15) is 13.2 Å². The molecular formula is C67H104O6. The zero-order valence-electron chi connectivity index (χ0n) is 46.6. The van der Waals surface area contributed by atoms with Gasteiger partial charge in [0.15, 0.2) is 6.10 Å². The largest absolute Gasteiger partial charge is 0.462 e. The molecule has 1 atom stereocenters. The van der Waals surface area contributed by atoms with Crippen molar-refractivity contribution in [3.63, 3.8) is 0 Å². The molecule has 0 aromatic rings. The Morgan fingerprint density at radius 1 is 0.274 bits per heavy atom. The van der Waals surface area contributed by atoms with E-state index < -0.39 is 6.10 Å². The molecule has 0 fully saturated rings. The molecule has 0 saturated heterocycles. The van der Waals surface area contributed by atoms with Crippen LogP contribution in [0.1, 0.15) is 226 Å². The minimum Gasteiger partial charge on any atom is -0.462 e. The van der Waals surface area contributed by atoms with E-state index in [1.165, 1.54) is 19.3 Å². The summed E-state index contributed by atoms with van der Waals surface area (Å²) in [5, 5.41) is 0. The fourth-order valence-corrected chi connectivity index (χ4v) is 7.27. The van der Waals surface area contributed by atoms with Crippen molar-refractivity contribution < 1.29 is 28.6 Å². The Bertz CT molecular complexity index is 1670. The normalized spacial score (nSPS) is 13.3. The highest BCUT2D eigenvalue weighted by Gasteiger charge is 2.19. The summed E-state index contributed by atoms with van der Waals surface area (Å²) in [4.78, 5) is 38.2. The Morgan fingerprint density at radius 3 is 0.795 bits per heavy atom. The standard InChI is InChI=1S/C67H104O6/c1-4-7-10-13-16-19-22-25-28-30-31-32-33-34-35-37-39-42-45-48-51-54-57-60-66(69)72-63-64(62-71-65(68)59-56-53-50-47-44-41-38-27-24-21-18-15-12-9-6-3)73-67(70)61-58-55-52-49-46-43-40-36-29-26-23-20-17-14-11-8-5-2/h7-12,16-21,25-29,31-32,34-35,38-39,42,44,47,64H,4-6,13-15,22-24,30,33,36-37,40-41,43,45-46,48-63H2,1-3H3/b10-7-,11-8-,12-9-,19-16-,20-17-,21-18-,28-25-,29-26-,32-31-,35-34-,38-27-,42-39-,47-44-. The van der Waals surface area contributed by atoms with Crippen molar-refractivity contribution in [1.29, 1.82) is 0 Å². The maximum absolute atomic E-state index is 12.9. The van der Waals surface area contributed by atoms with Crippen LogP contribution in [-0.2, 0) is 28.6 Å². The first-order valence-corrected chi connectivity index (χ1v) is 29.0. The van der Waals surface area contributed by atoms with Gasteiger partial charge >= 0.3 is 17.9 Å². The van der Waals surface area contributed by atoms with Crippen LogP contribution in [0.25, 0.3) is 0 Å². The molecule has 1 unspecified atom stereocenters. The number of carbonyl (C=O) groups excluding carboxylic acids is 3. The van der Waals surface area contributed by atoms with Crippen molar-refractivity contribution in [3.8, 4) is 0 Å². The molecule has 0 aliphatic carbocycles. The highest BCUT2D eigenvalue weighted by atomic mass is 16.6. The van der Waals surface area contributed by atoms with Gasteiger partial charge in [-0.05, 0) is 141 Å². The summed E-state index contributed by atoms with van der Waals surface area (Å²) in [6.45, 7) is 6.22. The van der Waals surface area contributed by atoms with Gasteiger partial charge < -0.3 is 14.2 Å². The maximum Gasteiger partial charge on any atom is 0.306 e. The molecule has 0 aliphatic heterocycles. The highest BCUT2D eigenvalue weighted by Crippen LogP contribution is 2.13. The van der Waals surface area contributed by atoms with Gasteiger partial charge in [-0.15, -0.1) is 0 Å². The van der Waals surface area contributed by atoms with Gasteiger partial charge in [0.25, 0.3) is 0 Å². The molecule has 0 saturated carbocycles. The number of rotatable bonds is 50. The zero-order chi connectivity index (χ0) is 52.9. The molecule has 0 heterocycles. The number of allylic oxidation sites excluding steroid dienone is 26. The fourth-order valence-electron chi connectivity index (χ4n) is 7.27. The molecule has 6 nitrogen and oxygen atoms in total. The van der Waals surface area contributed by atoms with E-state index in [1.54, 1.807) is 0 Å². The number of hydrogen-bond donors (Lipinski definition) is 0. The van der Waals surface area contributed by atoms with Gasteiger partial charge in [-0.25, -0.2) is 0 Å². The zero-order valence-corrected chi connectivity index (χ0v) is 46.6. The van der Waals surface area contributed by atoms with E-state index in [2.05, 4.69) is 179 Å². The average Bonchev–Trinajstić information content (AvgIpc) is 3.39. The van der Waals surface area contributed by atoms with E-state index in [-0.39, 0.29) is 31.1 Å². The third-order valence-corrected chi connectivity index (χ3v) is 11.5. The lowest BCUT2D eigenvalue weighted by atomic mass is 10.1. The Balaban J connectivity index is 4.52. The maximum atomic E-state index is 12.9. The van der Waals surface area contributed by atoms with Crippen molar-refractivity contribution in [2.75, 3.05) is 13.2 Å². The summed E-state index contributed by atoms with van der Waals surface area (Å²) >= 11 is 0. The van der Waals surface area contributed by atoms with Crippen LogP contribution in [-0.4, -0.2) is 37.2 Å². The fraction of sp³-hybridized carbons (Fsp3) is 0.567. The van der Waals surface area contributed by atoms with Gasteiger partial charge in [0.2, 0.25) is 0 Å². The third-order valence-electron chi connectivity index (χ3n) is 11.5. The van der Waals surface area contributed by atoms with Crippen LogP contribution in [0, 0.1) is 0 Å². The summed E-state index contributed by atoms with van der Waals surface area (Å²) in [5.41, 5.74) is 0. The molecule has 0 N–H and O–H groups in total. The minimum atomic E-state index is -0.820. The second-order valence-electron chi connectivity index (χ2n) is 18.4. The molecule has 0 rings (SSSR count). The molecule has 0 amide bonds. The SMILES string of the molecule is CC/C=C\C/C=C\C/C=C\C/C=C\C/C=C\C/C=C\CCCCCCC(=O)OCC(COC(=O)CCCC/C=C\C/C=C\C/C=C\C/C=C\CC)OC(=O)CCCCCCCCC/C=C\C/C=C\C/C=C\CC. The van der Waals surface area contributed by atoms with Gasteiger partial charge in [-0.1, -0.05) is 224 Å². The average molecular weight is 1010 g/mol. The number of esters is 3. The lowest BCUT2D eigenvalue weighted by Crippen LogP contribution is -2.30. The monoisotopic (exact) mass is 1000 g/mol. The predicted octanol–water partition coefficient (Wildman–Crippen LogP) is 19.8. The molecule has 0 aromatic carbocycles. The van der Waals surface area contributed by atoms with E-state index >= 15 is 0 Å². The van der Waals surface area contributed by atoms with Crippen LogP contribution in [0.2, 0.25) is 0 Å². The van der Waals surface area contributed by atoms with Gasteiger partial charge in [-0.3, -0.25) is 14.4 Å². The second-order valence-corrected chi connectivity index (χ2v) is 18.4. The molecule has 0 aromatic heterocycles. The Hall–Kier alpha value is -4.97. The minimum absolute atomic E-state index is 0.116. The lowest BCUT2D eigenvalue weighted by Gasteiger charge is -2.18. The molecule has 408 valence electrons. The van der Waals surface area contributed by atoms with Crippen molar-refractivity contribution in [2.24, 2.45) is 0 Å². The van der Waals surface area contributed by atoms with Crippen molar-refractivity contribution in [1.82, 2.24) is 0 Å².